The smallest absolute Gasteiger partial charge is 0.361 e. The van der Waals surface area contributed by atoms with Gasteiger partial charge in [-0.25, -0.2) is 9.59 Å². The van der Waals surface area contributed by atoms with Crippen LogP contribution < -0.4 is 5.63 Å². The molecule has 5 nitrogen and oxygen atoms in total. The van der Waals surface area contributed by atoms with Crippen LogP contribution in [0.3, 0.4) is 0 Å². The van der Waals surface area contributed by atoms with Crippen LogP contribution in [0, 0.1) is 0 Å². The van der Waals surface area contributed by atoms with E-state index in [1.807, 2.05) is 47.9 Å². The highest BCUT2D eigenvalue weighted by Gasteiger charge is 2.28. The summed E-state index contributed by atoms with van der Waals surface area (Å²) in [4.78, 5) is 25.9. The second-order valence-electron chi connectivity index (χ2n) is 6.30. The van der Waals surface area contributed by atoms with E-state index >= 15 is 0 Å². The number of hydrogen-bond acceptors (Lipinski definition) is 4. The summed E-state index contributed by atoms with van der Waals surface area (Å²) in [5.74, 6) is -0.451. The number of aryl methyl sites for hydroxylation is 1. The lowest BCUT2D eigenvalue weighted by atomic mass is 10.0. The molecular weight excluding hydrogens is 422 g/mol. The number of rotatable bonds is 4. The number of carbonyl (C=O) groups is 1. The first kappa shape index (κ1) is 18.5. The number of aromatic nitrogens is 1. The highest BCUT2D eigenvalue weighted by Crippen LogP contribution is 2.37. The molecule has 0 saturated heterocycles. The van der Waals surface area contributed by atoms with Crippen molar-refractivity contribution in [1.29, 1.82) is 0 Å². The van der Waals surface area contributed by atoms with Crippen LogP contribution in [0.1, 0.15) is 24.2 Å². The van der Waals surface area contributed by atoms with E-state index in [0.29, 0.717) is 39.7 Å². The molecule has 0 unspecified atom stereocenters. The maximum Gasteiger partial charge on any atom is 0.361 e. The first-order valence-electron chi connectivity index (χ1n) is 9.07. The minimum absolute atomic E-state index is 0.247. The topological polar surface area (TPSA) is 61.4 Å². The fraction of sp³-hybridized carbons (Fsp3) is 0.182. The number of benzene rings is 2. The first-order chi connectivity index (χ1) is 13.6. The van der Waals surface area contributed by atoms with Crippen molar-refractivity contribution in [3.63, 3.8) is 0 Å². The van der Waals surface area contributed by atoms with Crippen LogP contribution in [0.2, 0.25) is 0 Å². The summed E-state index contributed by atoms with van der Waals surface area (Å²) in [7, 11) is 0. The van der Waals surface area contributed by atoms with Gasteiger partial charge in [0.2, 0.25) is 0 Å². The van der Waals surface area contributed by atoms with Crippen molar-refractivity contribution in [3.8, 4) is 11.3 Å². The van der Waals surface area contributed by atoms with E-state index in [-0.39, 0.29) is 6.61 Å². The number of hydrogen-bond donors (Lipinski definition) is 0. The van der Waals surface area contributed by atoms with Gasteiger partial charge in [-0.15, -0.1) is 0 Å². The molecule has 0 aliphatic heterocycles. The Morgan fingerprint density at radius 2 is 1.82 bits per heavy atom. The molecule has 2 heterocycles. The second kappa shape index (κ2) is 7.28. The number of ether oxygens (including phenoxy) is 1. The summed E-state index contributed by atoms with van der Waals surface area (Å²) in [6.07, 6.45) is 0. The van der Waals surface area contributed by atoms with E-state index in [1.165, 1.54) is 0 Å². The number of esters is 1. The molecule has 0 atom stereocenters. The largest absolute Gasteiger partial charge is 0.462 e. The molecule has 142 valence electrons. The molecule has 28 heavy (non-hydrogen) atoms. The van der Waals surface area contributed by atoms with Crippen LogP contribution >= 0.6 is 15.9 Å². The lowest BCUT2D eigenvalue weighted by Crippen LogP contribution is -2.08. The first-order valence-corrected chi connectivity index (χ1v) is 9.87. The molecule has 0 aliphatic rings. The Morgan fingerprint density at radius 1 is 1.11 bits per heavy atom. The molecule has 6 heteroatoms. The number of nitrogens with zero attached hydrogens (tertiary/aromatic N) is 1. The maximum atomic E-state index is 13.0. The quantitative estimate of drug-likeness (QED) is 0.316. The van der Waals surface area contributed by atoms with Gasteiger partial charge in [-0.05, 0) is 37.6 Å². The molecule has 0 saturated carbocycles. The summed E-state index contributed by atoms with van der Waals surface area (Å²) < 4.78 is 13.7. The van der Waals surface area contributed by atoms with Crippen LogP contribution in [0.4, 0.5) is 0 Å². The van der Waals surface area contributed by atoms with Crippen molar-refractivity contribution in [3.05, 3.63) is 69.0 Å². The third kappa shape index (κ3) is 2.85. The fourth-order valence-corrected chi connectivity index (χ4v) is 3.89. The Morgan fingerprint density at radius 3 is 2.50 bits per heavy atom. The van der Waals surface area contributed by atoms with Crippen molar-refractivity contribution in [2.75, 3.05) is 6.61 Å². The van der Waals surface area contributed by atoms with Gasteiger partial charge in [0, 0.05) is 21.8 Å². The molecule has 0 N–H and O–H groups in total. The zero-order chi connectivity index (χ0) is 19.8. The van der Waals surface area contributed by atoms with Gasteiger partial charge in [0.05, 0.1) is 17.9 Å². The summed E-state index contributed by atoms with van der Waals surface area (Å²) in [5, 5.41) is 1.29. The molecule has 0 bridgehead atoms. The summed E-state index contributed by atoms with van der Waals surface area (Å²) in [6, 6.07) is 14.9. The van der Waals surface area contributed by atoms with Crippen LogP contribution in [0.5, 0.6) is 0 Å². The zero-order valence-electron chi connectivity index (χ0n) is 15.5. The van der Waals surface area contributed by atoms with Gasteiger partial charge in [0.25, 0.3) is 0 Å². The SMILES string of the molecule is CCOC(=O)c1c(-c2ccc(Br)cc2)n(CC)c2c(=O)oc3ccccc3c12. The predicted molar refractivity (Wildman–Crippen MR) is 113 cm³/mol. The van der Waals surface area contributed by atoms with Gasteiger partial charge < -0.3 is 13.7 Å². The van der Waals surface area contributed by atoms with E-state index < -0.39 is 11.6 Å². The van der Waals surface area contributed by atoms with Crippen LogP contribution in [-0.4, -0.2) is 17.1 Å². The van der Waals surface area contributed by atoms with Crippen LogP contribution in [0.25, 0.3) is 33.1 Å². The number of fused-ring (bicyclic) bond motifs is 3. The minimum atomic E-state index is -0.468. The molecule has 0 amide bonds. The average Bonchev–Trinajstić information content (AvgIpc) is 3.05. The summed E-state index contributed by atoms with van der Waals surface area (Å²) in [6.45, 7) is 4.45. The Labute approximate surface area is 169 Å². The van der Waals surface area contributed by atoms with Gasteiger partial charge in [-0.2, -0.15) is 0 Å². The van der Waals surface area contributed by atoms with E-state index in [2.05, 4.69) is 15.9 Å². The average molecular weight is 440 g/mol. The van der Waals surface area contributed by atoms with Crippen molar-refractivity contribution >= 4 is 43.8 Å². The van der Waals surface area contributed by atoms with Crippen molar-refractivity contribution in [2.45, 2.75) is 20.4 Å². The van der Waals surface area contributed by atoms with Crippen LogP contribution in [0.15, 0.2) is 62.2 Å². The molecule has 0 fully saturated rings. The normalized spacial score (nSPS) is 11.2. The van der Waals surface area contributed by atoms with Gasteiger partial charge in [-0.1, -0.05) is 46.3 Å². The predicted octanol–water partition coefficient (Wildman–Crippen LogP) is 5.37. The molecule has 0 aliphatic carbocycles. The van der Waals surface area contributed by atoms with Crippen molar-refractivity contribution in [1.82, 2.24) is 4.57 Å². The van der Waals surface area contributed by atoms with E-state index in [4.69, 9.17) is 9.15 Å². The zero-order valence-corrected chi connectivity index (χ0v) is 17.1. The third-order valence-corrected chi connectivity index (χ3v) is 5.26. The van der Waals surface area contributed by atoms with Gasteiger partial charge in [0.15, 0.2) is 0 Å². The maximum absolute atomic E-state index is 13.0. The fourth-order valence-electron chi connectivity index (χ4n) is 3.63. The Hall–Kier alpha value is -2.86. The Kier molecular flexibility index (Phi) is 4.81. The standard InChI is InChI=1S/C22H18BrNO4/c1-3-24-19(13-9-11-14(23)12-10-13)18(21(25)27-4-2)17-15-7-5-6-8-16(15)28-22(26)20(17)24/h5-12H,3-4H2,1-2H3. The number of halogens is 1. The lowest BCUT2D eigenvalue weighted by molar-refractivity contribution is 0.0529. The molecule has 2 aromatic heterocycles. The molecule has 2 aromatic carbocycles. The van der Waals surface area contributed by atoms with Gasteiger partial charge in [-0.3, -0.25) is 0 Å². The molecule has 0 radical (unpaired) electrons. The van der Waals surface area contributed by atoms with Crippen LogP contribution in [-0.2, 0) is 11.3 Å². The monoisotopic (exact) mass is 439 g/mol. The summed E-state index contributed by atoms with van der Waals surface area (Å²) in [5.41, 5.74) is 2.23. The van der Waals surface area contributed by atoms with Gasteiger partial charge >= 0.3 is 11.6 Å². The van der Waals surface area contributed by atoms with E-state index in [9.17, 15) is 9.59 Å². The number of carbonyl (C=O) groups excluding carboxylic acids is 1. The highest BCUT2D eigenvalue weighted by molar-refractivity contribution is 9.10. The molecule has 4 aromatic rings. The molecule has 4 rings (SSSR count). The summed E-state index contributed by atoms with van der Waals surface area (Å²) >= 11 is 3.44. The molecular formula is C22H18BrNO4. The lowest BCUT2D eigenvalue weighted by Gasteiger charge is -2.10. The second-order valence-corrected chi connectivity index (χ2v) is 7.22. The van der Waals surface area contributed by atoms with Crippen molar-refractivity contribution in [2.24, 2.45) is 0 Å². The van der Waals surface area contributed by atoms with E-state index in [1.54, 1.807) is 19.1 Å². The number of para-hydroxylation sites is 1. The van der Waals surface area contributed by atoms with Gasteiger partial charge in [0.1, 0.15) is 11.1 Å². The molecule has 0 spiro atoms. The third-order valence-electron chi connectivity index (χ3n) is 4.73. The highest BCUT2D eigenvalue weighted by atomic mass is 79.9. The minimum Gasteiger partial charge on any atom is -0.462 e. The van der Waals surface area contributed by atoms with Crippen molar-refractivity contribution < 1.29 is 13.9 Å². The Balaban J connectivity index is 2.24. The van der Waals surface area contributed by atoms with E-state index in [0.717, 1.165) is 10.0 Å². The Bertz CT molecular complexity index is 1250.